The van der Waals surface area contributed by atoms with Crippen LogP contribution in [0.3, 0.4) is 0 Å². The summed E-state index contributed by atoms with van der Waals surface area (Å²) in [5.74, 6) is 2.53. The molecule has 2 aliphatic carbocycles. The lowest BCUT2D eigenvalue weighted by molar-refractivity contribution is -0.159. The number of benzene rings is 4. The van der Waals surface area contributed by atoms with Crippen molar-refractivity contribution >= 4 is 23.5 Å². The molecule has 12 heteroatoms. The van der Waals surface area contributed by atoms with Gasteiger partial charge in [0.15, 0.2) is 34.6 Å². The van der Waals surface area contributed by atoms with Gasteiger partial charge in [-0.05, 0) is 107 Å². The highest BCUT2D eigenvalue weighted by Crippen LogP contribution is 2.48. The van der Waals surface area contributed by atoms with Gasteiger partial charge >= 0.3 is 11.9 Å². The molecule has 0 heterocycles. The second-order valence-corrected chi connectivity index (χ2v) is 16.8. The maximum Gasteiger partial charge on any atom is 0.315 e. The Balaban J connectivity index is 0.000000234. The van der Waals surface area contributed by atoms with E-state index in [0.29, 0.717) is 66.8 Å². The number of carbonyl (C=O) groups is 4. The Kier molecular flexibility index (Phi) is 15.3. The molecule has 0 fully saturated rings. The van der Waals surface area contributed by atoms with Crippen LogP contribution in [0.25, 0.3) is 22.3 Å². The average molecular weight is 853 g/mol. The zero-order valence-electron chi connectivity index (χ0n) is 37.9. The van der Waals surface area contributed by atoms with Crippen molar-refractivity contribution in [2.75, 3.05) is 48.3 Å². The van der Waals surface area contributed by atoms with E-state index in [1.807, 2.05) is 81.4 Å². The van der Waals surface area contributed by atoms with E-state index >= 15 is 0 Å². The number of hydrogen-bond acceptors (Lipinski definition) is 12. The highest BCUT2D eigenvalue weighted by atomic mass is 16.6. The van der Waals surface area contributed by atoms with Crippen molar-refractivity contribution in [1.29, 1.82) is 0 Å². The van der Waals surface area contributed by atoms with Crippen LogP contribution in [0.1, 0.15) is 99.6 Å². The Morgan fingerprint density at radius 1 is 0.548 bits per heavy atom. The van der Waals surface area contributed by atoms with Crippen molar-refractivity contribution in [1.82, 2.24) is 0 Å². The molecule has 0 saturated heterocycles. The van der Waals surface area contributed by atoms with Gasteiger partial charge in [-0.1, -0.05) is 43.3 Å². The number of hydrogen-bond donors (Lipinski definition) is 0. The van der Waals surface area contributed by atoms with Crippen LogP contribution in [0.15, 0.2) is 60.7 Å². The fraction of sp³-hybridized carbons (Fsp3) is 0.440. The van der Waals surface area contributed by atoms with Crippen LogP contribution >= 0.6 is 0 Å². The number of carbonyl (C=O) groups excluding carboxylic acids is 4. The quantitative estimate of drug-likeness (QED) is 0.0934. The lowest BCUT2D eigenvalue weighted by atomic mass is 9.94. The first-order valence-corrected chi connectivity index (χ1v) is 21.0. The summed E-state index contributed by atoms with van der Waals surface area (Å²) in [5, 5.41) is 0. The molecule has 4 aromatic rings. The second kappa shape index (κ2) is 20.2. The van der Waals surface area contributed by atoms with Crippen LogP contribution in [0.2, 0.25) is 0 Å². The Labute approximate surface area is 365 Å². The SMILES string of the molecule is CCCOC(=O)C(C)(C)COc1c(-c2cccc3c2CCC3=O)ccc(OC)c1OC.COc1ccc(-c2cccc3c2CCC3=O)c(OCC(C)(C)C(=O)OC(C)C)c1OC. The maximum absolute atomic E-state index is 12.5. The van der Waals surface area contributed by atoms with Crippen LogP contribution < -0.4 is 28.4 Å². The van der Waals surface area contributed by atoms with Gasteiger partial charge in [0, 0.05) is 35.1 Å². The Morgan fingerprint density at radius 2 is 0.968 bits per heavy atom. The summed E-state index contributed by atoms with van der Waals surface area (Å²) in [6, 6.07) is 18.9. The van der Waals surface area contributed by atoms with Gasteiger partial charge in [-0.2, -0.15) is 0 Å². The van der Waals surface area contributed by atoms with Gasteiger partial charge in [-0.3, -0.25) is 19.2 Å². The molecule has 0 radical (unpaired) electrons. The number of fused-ring (bicyclic) bond motifs is 2. The number of esters is 2. The minimum Gasteiger partial charge on any atom is -0.493 e. The van der Waals surface area contributed by atoms with Gasteiger partial charge in [0.05, 0.1) is 52.0 Å². The van der Waals surface area contributed by atoms with E-state index < -0.39 is 10.8 Å². The van der Waals surface area contributed by atoms with Gasteiger partial charge in [0.25, 0.3) is 0 Å². The van der Waals surface area contributed by atoms with E-state index in [4.69, 9.17) is 37.9 Å². The molecule has 62 heavy (non-hydrogen) atoms. The molecule has 0 unspecified atom stereocenters. The van der Waals surface area contributed by atoms with E-state index in [0.717, 1.165) is 50.9 Å². The third-order valence-corrected chi connectivity index (χ3v) is 10.8. The fourth-order valence-electron chi connectivity index (χ4n) is 7.38. The minimum absolute atomic E-state index is 0.0863. The fourth-order valence-corrected chi connectivity index (χ4v) is 7.38. The van der Waals surface area contributed by atoms with Crippen molar-refractivity contribution < 1.29 is 57.1 Å². The average Bonchev–Trinajstić information content (AvgIpc) is 3.84. The molecule has 0 saturated carbocycles. The van der Waals surface area contributed by atoms with Crippen molar-refractivity contribution in [3.63, 3.8) is 0 Å². The largest absolute Gasteiger partial charge is 0.493 e. The molecule has 4 aromatic carbocycles. The first-order valence-electron chi connectivity index (χ1n) is 21.0. The number of ketones is 2. The third-order valence-electron chi connectivity index (χ3n) is 10.8. The van der Waals surface area contributed by atoms with Crippen LogP contribution in [0, 0.1) is 10.8 Å². The molecule has 332 valence electrons. The number of methoxy groups -OCH3 is 4. The predicted molar refractivity (Wildman–Crippen MR) is 236 cm³/mol. The van der Waals surface area contributed by atoms with Crippen molar-refractivity contribution in [3.05, 3.63) is 82.9 Å². The molecule has 0 spiro atoms. The zero-order chi connectivity index (χ0) is 45.4. The second-order valence-electron chi connectivity index (χ2n) is 16.8. The summed E-state index contributed by atoms with van der Waals surface area (Å²) in [6.45, 7) is 13.3. The molecule has 12 nitrogen and oxygen atoms in total. The Bertz CT molecular complexity index is 2290. The molecular formula is C50H60O12. The molecule has 0 bridgehead atoms. The summed E-state index contributed by atoms with van der Waals surface area (Å²) in [5.41, 5.74) is 5.21. The molecule has 0 N–H and O–H groups in total. The van der Waals surface area contributed by atoms with Gasteiger partial charge in [0.2, 0.25) is 11.5 Å². The molecule has 2 aliphatic rings. The summed E-state index contributed by atoms with van der Waals surface area (Å²) in [7, 11) is 6.22. The molecule has 0 amide bonds. The normalized spacial score (nSPS) is 13.1. The van der Waals surface area contributed by atoms with E-state index in [9.17, 15) is 19.2 Å². The number of rotatable bonds is 17. The Morgan fingerprint density at radius 3 is 1.35 bits per heavy atom. The van der Waals surface area contributed by atoms with Crippen LogP contribution in [0.5, 0.6) is 34.5 Å². The molecule has 0 atom stereocenters. The lowest BCUT2D eigenvalue weighted by Crippen LogP contribution is -2.34. The van der Waals surface area contributed by atoms with Crippen LogP contribution in [-0.2, 0) is 31.9 Å². The molecular weight excluding hydrogens is 793 g/mol. The summed E-state index contributed by atoms with van der Waals surface area (Å²) < 4.78 is 45.3. The number of Topliss-reactive ketones (excluding diaryl/α,β-unsaturated/α-hetero) is 2. The summed E-state index contributed by atoms with van der Waals surface area (Å²) >= 11 is 0. The molecule has 6 rings (SSSR count). The topological polar surface area (TPSA) is 142 Å². The van der Waals surface area contributed by atoms with Crippen molar-refractivity contribution in [3.8, 4) is 56.8 Å². The van der Waals surface area contributed by atoms with Crippen molar-refractivity contribution in [2.45, 2.75) is 86.7 Å². The van der Waals surface area contributed by atoms with E-state index in [1.54, 1.807) is 56.1 Å². The predicted octanol–water partition coefficient (Wildman–Crippen LogP) is 9.71. The van der Waals surface area contributed by atoms with Crippen LogP contribution in [0.4, 0.5) is 0 Å². The summed E-state index contributed by atoms with van der Waals surface area (Å²) in [6.07, 6.45) is 2.93. The molecule has 0 aliphatic heterocycles. The van der Waals surface area contributed by atoms with E-state index in [-0.39, 0.29) is 42.8 Å². The standard InChI is InChI=1S/2C25H30O6/c1-15(2)31-24(27)25(3,4)14-30-22-19(11-13-21(28-5)23(22)29-6)16-8-7-9-18-17(16)10-12-20(18)26;1-6-14-30-24(27)25(2,3)15-31-22-19(11-13-21(28-4)23(22)29-5)16-8-7-9-18-17(16)10-12-20(18)26/h7-9,11,13,15H,10,12,14H2,1-6H3;7-9,11,13H,6,10,12,14-15H2,1-5H3. The third kappa shape index (κ3) is 10.2. The monoisotopic (exact) mass is 852 g/mol. The van der Waals surface area contributed by atoms with Crippen molar-refractivity contribution in [2.24, 2.45) is 10.8 Å². The maximum atomic E-state index is 12.5. The van der Waals surface area contributed by atoms with Gasteiger partial charge in [-0.15, -0.1) is 0 Å². The molecule has 0 aromatic heterocycles. The van der Waals surface area contributed by atoms with Gasteiger partial charge in [-0.25, -0.2) is 0 Å². The van der Waals surface area contributed by atoms with Gasteiger partial charge < -0.3 is 37.9 Å². The Hall–Kier alpha value is -6.04. The minimum atomic E-state index is -0.871. The first-order chi connectivity index (χ1) is 29.5. The highest BCUT2D eigenvalue weighted by molar-refractivity contribution is 6.03. The number of ether oxygens (including phenoxy) is 8. The first kappa shape index (κ1) is 47.0. The lowest BCUT2D eigenvalue weighted by Gasteiger charge is -2.26. The zero-order valence-corrected chi connectivity index (χ0v) is 37.9. The van der Waals surface area contributed by atoms with Gasteiger partial charge in [0.1, 0.15) is 13.2 Å². The summed E-state index contributed by atoms with van der Waals surface area (Å²) in [4.78, 5) is 49.5. The van der Waals surface area contributed by atoms with E-state index in [1.165, 1.54) is 0 Å². The van der Waals surface area contributed by atoms with Crippen LogP contribution in [-0.4, -0.2) is 77.9 Å². The smallest absolute Gasteiger partial charge is 0.315 e. The van der Waals surface area contributed by atoms with E-state index in [2.05, 4.69) is 0 Å². The highest BCUT2D eigenvalue weighted by Gasteiger charge is 2.35.